The molecule has 0 aliphatic heterocycles. The van der Waals surface area contributed by atoms with E-state index in [4.69, 9.17) is 0 Å². The number of aryl methyl sites for hydroxylation is 1. The van der Waals surface area contributed by atoms with Crippen molar-refractivity contribution in [2.24, 2.45) is 0 Å². The summed E-state index contributed by atoms with van der Waals surface area (Å²) in [4.78, 5) is 23.1. The van der Waals surface area contributed by atoms with Crippen molar-refractivity contribution in [3.8, 4) is 0 Å². The predicted octanol–water partition coefficient (Wildman–Crippen LogP) is 4.29. The van der Waals surface area contributed by atoms with Crippen molar-refractivity contribution in [3.05, 3.63) is 74.9 Å². The lowest BCUT2D eigenvalue weighted by Gasteiger charge is -2.02. The van der Waals surface area contributed by atoms with Gasteiger partial charge in [0, 0.05) is 15.2 Å². The lowest BCUT2D eigenvalue weighted by Crippen LogP contribution is -2.10. The predicted molar refractivity (Wildman–Crippen MR) is 94.0 cm³/mol. The number of hydrogen-bond acceptors (Lipinski definition) is 3. The van der Waals surface area contributed by atoms with Crippen LogP contribution in [-0.2, 0) is 20.7 Å². The Morgan fingerprint density at radius 1 is 1.08 bits per heavy atom. The molecule has 24 heavy (non-hydrogen) atoms. The number of halogens is 3. The van der Waals surface area contributed by atoms with Crippen LogP contribution >= 0.6 is 22.6 Å². The first kappa shape index (κ1) is 18.3. The number of ether oxygens (including phenoxy) is 1. The van der Waals surface area contributed by atoms with Gasteiger partial charge in [-0.1, -0.05) is 12.1 Å². The second-order valence-corrected chi connectivity index (χ2v) is 6.16. The molecule has 3 nitrogen and oxygen atoms in total. The summed E-state index contributed by atoms with van der Waals surface area (Å²) in [6.07, 6.45) is 2.45. The van der Waals surface area contributed by atoms with Crippen molar-refractivity contribution >= 4 is 40.6 Å². The molecule has 0 aliphatic rings. The first-order valence-electron chi connectivity index (χ1n) is 7.06. The van der Waals surface area contributed by atoms with Crippen LogP contribution in [0.5, 0.6) is 0 Å². The van der Waals surface area contributed by atoms with Crippen LogP contribution in [0.2, 0.25) is 0 Å². The van der Waals surface area contributed by atoms with E-state index in [2.05, 4.69) is 27.3 Å². The van der Waals surface area contributed by atoms with Crippen LogP contribution in [0.1, 0.15) is 17.5 Å². The maximum Gasteiger partial charge on any atom is 0.338 e. The summed E-state index contributed by atoms with van der Waals surface area (Å²) in [5, 5.41) is 0. The molecule has 0 fully saturated rings. The smallest absolute Gasteiger partial charge is 0.338 e. The van der Waals surface area contributed by atoms with E-state index in [0.29, 0.717) is 6.42 Å². The van der Waals surface area contributed by atoms with Crippen LogP contribution in [0.4, 0.5) is 8.78 Å². The van der Waals surface area contributed by atoms with Crippen molar-refractivity contribution in [2.45, 2.75) is 12.8 Å². The van der Waals surface area contributed by atoms with Crippen molar-refractivity contribution in [2.75, 3.05) is 0 Å². The van der Waals surface area contributed by atoms with Crippen molar-refractivity contribution < 1.29 is 23.1 Å². The van der Waals surface area contributed by atoms with Gasteiger partial charge in [-0.25, -0.2) is 13.6 Å². The fourth-order valence-electron chi connectivity index (χ4n) is 1.89. The first-order chi connectivity index (χ1) is 11.4. The van der Waals surface area contributed by atoms with Gasteiger partial charge in [-0.2, -0.15) is 0 Å². The summed E-state index contributed by atoms with van der Waals surface area (Å²) in [7, 11) is 0. The second-order valence-electron chi connectivity index (χ2n) is 4.92. The average molecular weight is 442 g/mol. The summed E-state index contributed by atoms with van der Waals surface area (Å²) in [6, 6.07) is 10.5. The molecule has 0 saturated heterocycles. The van der Waals surface area contributed by atoms with E-state index >= 15 is 0 Å². The van der Waals surface area contributed by atoms with E-state index in [0.717, 1.165) is 39.5 Å². The van der Waals surface area contributed by atoms with Gasteiger partial charge in [0.05, 0.1) is 6.42 Å². The highest BCUT2D eigenvalue weighted by Gasteiger charge is 2.09. The quantitative estimate of drug-likeness (QED) is 0.301. The summed E-state index contributed by atoms with van der Waals surface area (Å²) >= 11 is 2.18. The SMILES string of the molecule is O=C(/C=C/c1cc(F)ccc1F)OC(=O)CCc1ccc(I)cc1. The summed E-state index contributed by atoms with van der Waals surface area (Å²) < 4.78 is 32.1. The molecule has 0 aromatic heterocycles. The third-order valence-corrected chi connectivity index (χ3v) is 3.82. The van der Waals surface area contributed by atoms with E-state index in [1.807, 2.05) is 24.3 Å². The van der Waals surface area contributed by atoms with Gasteiger partial charge >= 0.3 is 11.9 Å². The van der Waals surface area contributed by atoms with E-state index in [1.54, 1.807) is 0 Å². The van der Waals surface area contributed by atoms with Crippen LogP contribution in [0.15, 0.2) is 48.5 Å². The average Bonchev–Trinajstić information content (AvgIpc) is 2.55. The number of hydrogen-bond donors (Lipinski definition) is 0. The van der Waals surface area contributed by atoms with Gasteiger partial charge in [0.1, 0.15) is 11.6 Å². The second kappa shape index (κ2) is 8.68. The fourth-order valence-corrected chi connectivity index (χ4v) is 2.25. The van der Waals surface area contributed by atoms with Crippen molar-refractivity contribution in [3.63, 3.8) is 0 Å². The lowest BCUT2D eigenvalue weighted by atomic mass is 10.1. The molecule has 124 valence electrons. The molecule has 0 N–H and O–H groups in total. The minimum Gasteiger partial charge on any atom is -0.390 e. The van der Waals surface area contributed by atoms with Gasteiger partial charge in [0.15, 0.2) is 0 Å². The number of esters is 2. The highest BCUT2D eigenvalue weighted by molar-refractivity contribution is 14.1. The molecule has 0 radical (unpaired) electrons. The van der Waals surface area contributed by atoms with Crippen LogP contribution in [0, 0.1) is 15.2 Å². The molecule has 0 spiro atoms. The number of rotatable bonds is 5. The van der Waals surface area contributed by atoms with Gasteiger partial charge in [0.25, 0.3) is 0 Å². The largest absolute Gasteiger partial charge is 0.390 e. The van der Waals surface area contributed by atoms with Gasteiger partial charge in [0.2, 0.25) is 0 Å². The number of carbonyl (C=O) groups is 2. The molecular formula is C18H13F2IO3. The summed E-state index contributed by atoms with van der Waals surface area (Å²) in [6.45, 7) is 0. The molecule has 0 amide bonds. The van der Waals surface area contributed by atoms with Gasteiger partial charge < -0.3 is 4.74 Å². The highest BCUT2D eigenvalue weighted by atomic mass is 127. The van der Waals surface area contributed by atoms with E-state index in [1.165, 1.54) is 0 Å². The Balaban J connectivity index is 1.85. The highest BCUT2D eigenvalue weighted by Crippen LogP contribution is 2.12. The maximum absolute atomic E-state index is 13.4. The zero-order valence-corrected chi connectivity index (χ0v) is 14.6. The Kier molecular flexibility index (Phi) is 6.60. The van der Waals surface area contributed by atoms with Gasteiger partial charge in [-0.3, -0.25) is 4.79 Å². The molecule has 0 aliphatic carbocycles. The lowest BCUT2D eigenvalue weighted by molar-refractivity contribution is -0.156. The maximum atomic E-state index is 13.4. The number of benzene rings is 2. The summed E-state index contributed by atoms with van der Waals surface area (Å²) in [5.41, 5.74) is 0.857. The molecule has 0 atom stereocenters. The Bertz CT molecular complexity index is 770. The van der Waals surface area contributed by atoms with Crippen molar-refractivity contribution in [1.82, 2.24) is 0 Å². The van der Waals surface area contributed by atoms with Crippen LogP contribution in [-0.4, -0.2) is 11.9 Å². The molecule has 2 rings (SSSR count). The van der Waals surface area contributed by atoms with Crippen molar-refractivity contribution in [1.29, 1.82) is 0 Å². The third kappa shape index (κ3) is 5.84. The van der Waals surface area contributed by atoms with Crippen LogP contribution in [0.25, 0.3) is 6.08 Å². The molecular weight excluding hydrogens is 429 g/mol. The van der Waals surface area contributed by atoms with E-state index < -0.39 is 23.6 Å². The van der Waals surface area contributed by atoms with Gasteiger partial charge in [-0.15, -0.1) is 0 Å². The molecule has 6 heteroatoms. The van der Waals surface area contributed by atoms with E-state index in [-0.39, 0.29) is 12.0 Å². The summed E-state index contributed by atoms with van der Waals surface area (Å²) in [5.74, 6) is -2.90. The number of carbonyl (C=O) groups excluding carboxylic acids is 2. The zero-order chi connectivity index (χ0) is 17.5. The Hall–Kier alpha value is -2.09. The first-order valence-corrected chi connectivity index (χ1v) is 8.14. The Morgan fingerprint density at radius 3 is 2.50 bits per heavy atom. The minimum absolute atomic E-state index is 0.0501. The molecule has 0 unspecified atom stereocenters. The molecule has 0 heterocycles. The standard InChI is InChI=1S/C18H13F2IO3/c19-14-5-8-16(20)13(11-14)4-10-18(23)24-17(22)9-3-12-1-6-15(21)7-2-12/h1-2,4-8,10-11H,3,9H2/b10-4+. The fraction of sp³-hybridized carbons (Fsp3) is 0.111. The van der Waals surface area contributed by atoms with Crippen LogP contribution in [0.3, 0.4) is 0 Å². The van der Waals surface area contributed by atoms with E-state index in [9.17, 15) is 18.4 Å². The third-order valence-electron chi connectivity index (χ3n) is 3.10. The molecule has 0 saturated carbocycles. The Labute approximate surface area is 151 Å². The molecule has 2 aromatic carbocycles. The monoisotopic (exact) mass is 442 g/mol. The minimum atomic E-state index is -0.925. The normalized spacial score (nSPS) is 10.8. The Morgan fingerprint density at radius 2 is 1.79 bits per heavy atom. The van der Waals surface area contributed by atoms with Crippen LogP contribution < -0.4 is 0 Å². The molecule has 0 bridgehead atoms. The molecule has 2 aromatic rings. The van der Waals surface area contributed by atoms with Gasteiger partial charge in [-0.05, 0) is 71.0 Å². The topological polar surface area (TPSA) is 43.4 Å². The zero-order valence-electron chi connectivity index (χ0n) is 12.5.